The van der Waals surface area contributed by atoms with E-state index in [9.17, 15) is 12.8 Å². The first-order chi connectivity index (χ1) is 8.49. The van der Waals surface area contributed by atoms with Crippen LogP contribution in [0.5, 0.6) is 5.75 Å². The lowest BCUT2D eigenvalue weighted by Crippen LogP contribution is -2.11. The van der Waals surface area contributed by atoms with Crippen molar-refractivity contribution >= 4 is 15.8 Å². The lowest BCUT2D eigenvalue weighted by atomic mass is 10.3. The summed E-state index contributed by atoms with van der Waals surface area (Å²) in [4.78, 5) is -0.507. The van der Waals surface area contributed by atoms with Gasteiger partial charge in [0.25, 0.3) is 0 Å². The van der Waals surface area contributed by atoms with Gasteiger partial charge in [-0.05, 0) is 24.3 Å². The average Bonchev–Trinajstić information content (AvgIpc) is 2.28. The lowest BCUT2D eigenvalue weighted by Gasteiger charge is -2.07. The minimum Gasteiger partial charge on any atom is -0.399 e. The second-order valence-electron chi connectivity index (χ2n) is 3.54. The van der Waals surface area contributed by atoms with E-state index >= 15 is 0 Å². The quantitative estimate of drug-likeness (QED) is 0.683. The molecule has 94 valence electrons. The Kier molecular flexibility index (Phi) is 3.20. The van der Waals surface area contributed by atoms with Crippen molar-refractivity contribution in [1.82, 2.24) is 0 Å². The number of anilines is 1. The molecule has 0 aliphatic rings. The fourth-order valence-electron chi connectivity index (χ4n) is 1.39. The van der Waals surface area contributed by atoms with Crippen molar-refractivity contribution in [3.05, 3.63) is 54.3 Å². The Morgan fingerprint density at radius 1 is 1.06 bits per heavy atom. The third-order valence-corrected chi connectivity index (χ3v) is 3.45. The zero-order chi connectivity index (χ0) is 13.2. The highest BCUT2D eigenvalue weighted by molar-refractivity contribution is 7.87. The number of benzene rings is 2. The second kappa shape index (κ2) is 4.66. The molecule has 2 aromatic rings. The van der Waals surface area contributed by atoms with Crippen molar-refractivity contribution in [1.29, 1.82) is 0 Å². The molecule has 0 spiro atoms. The maximum Gasteiger partial charge on any atom is 0.342 e. The van der Waals surface area contributed by atoms with Gasteiger partial charge in [0.05, 0.1) is 0 Å². The molecule has 0 atom stereocenters. The molecule has 2 rings (SSSR count). The van der Waals surface area contributed by atoms with Gasteiger partial charge in [-0.2, -0.15) is 8.42 Å². The van der Waals surface area contributed by atoms with E-state index in [-0.39, 0.29) is 5.75 Å². The largest absolute Gasteiger partial charge is 0.399 e. The Morgan fingerprint density at radius 2 is 1.78 bits per heavy atom. The van der Waals surface area contributed by atoms with Crippen LogP contribution in [0.4, 0.5) is 10.1 Å². The Hall–Kier alpha value is -2.08. The first-order valence-corrected chi connectivity index (χ1v) is 6.44. The number of halogens is 1. The highest BCUT2D eigenvalue weighted by Crippen LogP contribution is 2.22. The molecular weight excluding hydrogens is 257 g/mol. The van der Waals surface area contributed by atoms with Crippen LogP contribution in [0.15, 0.2) is 53.4 Å². The van der Waals surface area contributed by atoms with Gasteiger partial charge in [0.1, 0.15) is 16.5 Å². The fourth-order valence-corrected chi connectivity index (χ4v) is 2.38. The van der Waals surface area contributed by atoms with E-state index in [1.807, 2.05) is 0 Å². The Bertz CT molecular complexity index is 671. The summed E-state index contributed by atoms with van der Waals surface area (Å²) < 4.78 is 41.8. The van der Waals surface area contributed by atoms with E-state index in [0.29, 0.717) is 5.69 Å². The summed E-state index contributed by atoms with van der Waals surface area (Å²) in [7, 11) is -4.19. The molecule has 0 saturated carbocycles. The zero-order valence-electron chi connectivity index (χ0n) is 9.21. The SMILES string of the molecule is Nc1cccc(OS(=O)(=O)c2ccccc2F)c1. The third kappa shape index (κ3) is 2.60. The maximum absolute atomic E-state index is 13.4. The number of nitrogen functional groups attached to an aromatic ring is 1. The monoisotopic (exact) mass is 267 g/mol. The lowest BCUT2D eigenvalue weighted by molar-refractivity contribution is 0.476. The third-order valence-electron chi connectivity index (χ3n) is 2.17. The van der Waals surface area contributed by atoms with Gasteiger partial charge in [-0.3, -0.25) is 0 Å². The molecule has 0 aromatic heterocycles. The number of hydrogen-bond acceptors (Lipinski definition) is 4. The van der Waals surface area contributed by atoms with Crippen molar-refractivity contribution in [2.45, 2.75) is 4.90 Å². The van der Waals surface area contributed by atoms with Gasteiger partial charge < -0.3 is 9.92 Å². The minimum atomic E-state index is -4.19. The van der Waals surface area contributed by atoms with E-state index in [1.165, 1.54) is 24.3 Å². The summed E-state index contributed by atoms with van der Waals surface area (Å²) in [6.45, 7) is 0. The molecular formula is C12H10FNO3S. The highest BCUT2D eigenvalue weighted by atomic mass is 32.2. The molecule has 18 heavy (non-hydrogen) atoms. The van der Waals surface area contributed by atoms with Gasteiger partial charge in [-0.25, -0.2) is 4.39 Å². The maximum atomic E-state index is 13.4. The highest BCUT2D eigenvalue weighted by Gasteiger charge is 2.20. The summed E-state index contributed by atoms with van der Waals surface area (Å²) in [5.74, 6) is -0.820. The Balaban J connectivity index is 2.37. The van der Waals surface area contributed by atoms with E-state index in [4.69, 9.17) is 9.92 Å². The van der Waals surface area contributed by atoms with Gasteiger partial charge >= 0.3 is 10.1 Å². The normalized spacial score (nSPS) is 11.2. The van der Waals surface area contributed by atoms with Gasteiger partial charge in [0.2, 0.25) is 0 Å². The van der Waals surface area contributed by atoms with Gasteiger partial charge in [-0.1, -0.05) is 18.2 Å². The fraction of sp³-hybridized carbons (Fsp3) is 0. The van der Waals surface area contributed by atoms with Crippen molar-refractivity contribution in [2.75, 3.05) is 5.73 Å². The van der Waals surface area contributed by atoms with Crippen molar-refractivity contribution in [3.63, 3.8) is 0 Å². The van der Waals surface area contributed by atoms with E-state index in [1.54, 1.807) is 12.1 Å². The molecule has 0 saturated heterocycles. The van der Waals surface area contributed by atoms with Crippen LogP contribution >= 0.6 is 0 Å². The molecule has 4 nitrogen and oxygen atoms in total. The van der Waals surface area contributed by atoms with E-state index < -0.39 is 20.8 Å². The van der Waals surface area contributed by atoms with Crippen LogP contribution in [-0.2, 0) is 10.1 Å². The Labute approximate surface area is 104 Å². The molecule has 0 heterocycles. The predicted octanol–water partition coefficient (Wildman–Crippen LogP) is 2.18. The molecule has 2 N–H and O–H groups in total. The minimum absolute atomic E-state index is 0.0400. The van der Waals surface area contributed by atoms with E-state index in [0.717, 1.165) is 12.1 Å². The number of nitrogens with two attached hydrogens (primary N) is 1. The van der Waals surface area contributed by atoms with Gasteiger partial charge in [-0.15, -0.1) is 0 Å². The molecule has 0 radical (unpaired) electrons. The van der Waals surface area contributed by atoms with E-state index in [2.05, 4.69) is 0 Å². The van der Waals surface area contributed by atoms with Crippen molar-refractivity contribution in [2.24, 2.45) is 0 Å². The summed E-state index contributed by atoms with van der Waals surface area (Å²) >= 11 is 0. The van der Waals surface area contributed by atoms with Crippen molar-refractivity contribution in [3.8, 4) is 5.75 Å². The second-order valence-corrected chi connectivity index (χ2v) is 5.06. The van der Waals surface area contributed by atoms with Gasteiger partial charge in [0.15, 0.2) is 0 Å². The predicted molar refractivity (Wildman–Crippen MR) is 65.1 cm³/mol. The smallest absolute Gasteiger partial charge is 0.342 e. The van der Waals surface area contributed by atoms with Crippen LogP contribution in [0.25, 0.3) is 0 Å². The summed E-state index contributed by atoms with van der Waals surface area (Å²) in [6.07, 6.45) is 0. The summed E-state index contributed by atoms with van der Waals surface area (Å²) in [6, 6.07) is 10.9. The summed E-state index contributed by atoms with van der Waals surface area (Å²) in [5.41, 5.74) is 5.85. The Morgan fingerprint density at radius 3 is 2.44 bits per heavy atom. The van der Waals surface area contributed by atoms with Crippen LogP contribution in [-0.4, -0.2) is 8.42 Å². The van der Waals surface area contributed by atoms with Gasteiger partial charge in [0, 0.05) is 11.8 Å². The van der Waals surface area contributed by atoms with Crippen LogP contribution in [0, 0.1) is 5.82 Å². The number of hydrogen-bond donors (Lipinski definition) is 1. The molecule has 2 aromatic carbocycles. The first-order valence-electron chi connectivity index (χ1n) is 5.03. The topological polar surface area (TPSA) is 69.4 Å². The zero-order valence-corrected chi connectivity index (χ0v) is 10.0. The molecule has 6 heteroatoms. The number of rotatable bonds is 3. The average molecular weight is 267 g/mol. The summed E-state index contributed by atoms with van der Waals surface area (Å²) in [5, 5.41) is 0. The molecule has 0 bridgehead atoms. The molecule has 0 unspecified atom stereocenters. The van der Waals surface area contributed by atoms with Crippen LogP contribution in [0.2, 0.25) is 0 Å². The van der Waals surface area contributed by atoms with Crippen molar-refractivity contribution < 1.29 is 17.0 Å². The molecule has 0 aliphatic carbocycles. The van der Waals surface area contributed by atoms with Crippen LogP contribution in [0.1, 0.15) is 0 Å². The standard InChI is InChI=1S/C12H10FNO3S/c13-11-6-1-2-7-12(11)18(15,16)17-10-5-3-4-9(14)8-10/h1-8H,14H2. The molecule has 0 fully saturated rings. The van der Waals surface area contributed by atoms with Crippen LogP contribution < -0.4 is 9.92 Å². The molecule has 0 aliphatic heterocycles. The first kappa shape index (κ1) is 12.4. The molecule has 0 amide bonds. The van der Waals surface area contributed by atoms with Crippen LogP contribution in [0.3, 0.4) is 0 Å².